The van der Waals surface area contributed by atoms with Crippen molar-refractivity contribution in [2.24, 2.45) is 5.10 Å². The van der Waals surface area contributed by atoms with Crippen LogP contribution in [0, 0.1) is 18.3 Å². The molecule has 3 rings (SSSR count). The molecule has 0 saturated heterocycles. The molecule has 0 aliphatic heterocycles. The van der Waals surface area contributed by atoms with E-state index < -0.39 is 0 Å². The summed E-state index contributed by atoms with van der Waals surface area (Å²) < 4.78 is 13.4. The van der Waals surface area contributed by atoms with Crippen LogP contribution in [0.25, 0.3) is 10.9 Å². The van der Waals surface area contributed by atoms with Gasteiger partial charge in [0.2, 0.25) is 0 Å². The molecule has 0 atom stereocenters. The Morgan fingerprint density at radius 3 is 2.84 bits per heavy atom. The highest BCUT2D eigenvalue weighted by molar-refractivity contribution is 9.10. The highest BCUT2D eigenvalue weighted by atomic mass is 79.9. The van der Waals surface area contributed by atoms with Crippen LogP contribution in [0.3, 0.4) is 0 Å². The quantitative estimate of drug-likeness (QED) is 0.352. The molecule has 0 fully saturated rings. The summed E-state index contributed by atoms with van der Waals surface area (Å²) in [6.07, 6.45) is 3.83. The van der Waals surface area contributed by atoms with E-state index in [1.54, 1.807) is 37.4 Å². The number of nitrogens with zero attached hydrogens (tertiary/aromatic N) is 4. The summed E-state index contributed by atoms with van der Waals surface area (Å²) in [6.45, 7) is 7.71. The lowest BCUT2D eigenvalue weighted by Gasteiger charge is -2.15. The Morgan fingerprint density at radius 2 is 2.13 bits per heavy atom. The van der Waals surface area contributed by atoms with E-state index in [9.17, 15) is 4.79 Å². The summed E-state index contributed by atoms with van der Waals surface area (Å²) in [5, 5.41) is 13.7. The van der Waals surface area contributed by atoms with Crippen molar-refractivity contribution in [2.45, 2.75) is 20.3 Å². The van der Waals surface area contributed by atoms with Crippen LogP contribution in [0.2, 0.25) is 0 Å². The molecule has 0 bridgehead atoms. The monoisotopic (exact) mass is 480 g/mol. The number of fused-ring (bicyclic) bond motifs is 1. The first-order valence-electron chi connectivity index (χ1n) is 9.62. The van der Waals surface area contributed by atoms with Gasteiger partial charge in [-0.05, 0) is 56.2 Å². The minimum absolute atomic E-state index is 0.0927. The van der Waals surface area contributed by atoms with Crippen LogP contribution in [0.5, 0.6) is 11.5 Å². The van der Waals surface area contributed by atoms with Crippen LogP contribution in [0.15, 0.2) is 57.4 Å². The lowest BCUT2D eigenvalue weighted by molar-refractivity contribution is 0.297. The Morgan fingerprint density at radius 1 is 1.32 bits per heavy atom. The largest absolute Gasteiger partial charge is 0.490 e. The maximum Gasteiger partial charge on any atom is 0.282 e. The van der Waals surface area contributed by atoms with Gasteiger partial charge in [0.15, 0.2) is 18.1 Å². The van der Waals surface area contributed by atoms with E-state index in [1.165, 1.54) is 4.68 Å². The summed E-state index contributed by atoms with van der Waals surface area (Å²) in [5.41, 5.74) is 1.88. The fourth-order valence-electron chi connectivity index (χ4n) is 3.12. The summed E-state index contributed by atoms with van der Waals surface area (Å²) in [4.78, 5) is 17.4. The van der Waals surface area contributed by atoms with E-state index in [0.29, 0.717) is 46.8 Å². The molecule has 0 spiro atoms. The number of hydrogen-bond donors (Lipinski definition) is 0. The lowest BCUT2D eigenvalue weighted by atomic mass is 10.1. The normalized spacial score (nSPS) is 10.9. The average Bonchev–Trinajstić information content (AvgIpc) is 2.74. The second-order valence-corrected chi connectivity index (χ2v) is 7.48. The van der Waals surface area contributed by atoms with Crippen molar-refractivity contribution >= 4 is 33.0 Å². The number of ether oxygens (including phenoxy) is 2. The minimum Gasteiger partial charge on any atom is -0.490 e. The third kappa shape index (κ3) is 5.01. The molecule has 1 aromatic heterocycles. The molecule has 0 radical (unpaired) electrons. The highest BCUT2D eigenvalue weighted by Gasteiger charge is 2.13. The number of halogens is 1. The Balaban J connectivity index is 2.08. The summed E-state index contributed by atoms with van der Waals surface area (Å²) in [5.74, 6) is 1.48. The Hall–Kier alpha value is -3.44. The highest BCUT2D eigenvalue weighted by Crippen LogP contribution is 2.33. The molecule has 3 aromatic rings. The van der Waals surface area contributed by atoms with E-state index >= 15 is 0 Å². The second kappa shape index (κ2) is 10.0. The molecule has 7 nitrogen and oxygen atoms in total. The molecule has 2 aromatic carbocycles. The Bertz CT molecular complexity index is 1260. The van der Waals surface area contributed by atoms with Crippen LogP contribution in [-0.4, -0.2) is 29.1 Å². The van der Waals surface area contributed by atoms with Crippen LogP contribution >= 0.6 is 15.9 Å². The average molecular weight is 481 g/mol. The third-order valence-corrected chi connectivity index (χ3v) is 4.88. The van der Waals surface area contributed by atoms with Crippen molar-refractivity contribution in [2.75, 3.05) is 13.2 Å². The van der Waals surface area contributed by atoms with E-state index in [1.807, 2.05) is 25.1 Å². The van der Waals surface area contributed by atoms with Crippen molar-refractivity contribution in [1.82, 2.24) is 9.66 Å². The number of nitriles is 1. The van der Waals surface area contributed by atoms with Crippen LogP contribution in [0.4, 0.5) is 0 Å². The predicted octanol–water partition coefficient (Wildman–Crippen LogP) is 4.38. The molecule has 1 heterocycles. The van der Waals surface area contributed by atoms with Crippen molar-refractivity contribution < 1.29 is 9.47 Å². The second-order valence-electron chi connectivity index (χ2n) is 6.56. The molecule has 0 unspecified atom stereocenters. The molecule has 8 heteroatoms. The number of aromatic nitrogens is 2. The van der Waals surface area contributed by atoms with Crippen LogP contribution in [0.1, 0.15) is 23.9 Å². The first kappa shape index (κ1) is 22.2. The van der Waals surface area contributed by atoms with Crippen LogP contribution < -0.4 is 15.0 Å². The maximum atomic E-state index is 12.9. The first-order chi connectivity index (χ1) is 15.0. The Kier molecular flexibility index (Phi) is 7.21. The van der Waals surface area contributed by atoms with E-state index in [2.05, 4.69) is 32.6 Å². The summed E-state index contributed by atoms with van der Waals surface area (Å²) in [7, 11) is 0. The predicted molar refractivity (Wildman–Crippen MR) is 124 cm³/mol. The molecule has 0 saturated carbocycles. The lowest BCUT2D eigenvalue weighted by Crippen LogP contribution is -2.20. The fraction of sp³-hybridized carbons (Fsp3) is 0.217. The Labute approximate surface area is 188 Å². The van der Waals surface area contributed by atoms with Gasteiger partial charge in [-0.1, -0.05) is 22.0 Å². The molecule has 0 aliphatic rings. The van der Waals surface area contributed by atoms with Crippen molar-refractivity contribution in [3.05, 3.63) is 74.8 Å². The molecule has 0 N–H and O–H groups in total. The zero-order valence-electron chi connectivity index (χ0n) is 17.3. The molecule has 158 valence electrons. The van der Waals surface area contributed by atoms with E-state index in [-0.39, 0.29) is 12.2 Å². The summed E-state index contributed by atoms with van der Waals surface area (Å²) in [6, 6.07) is 11.0. The fourth-order valence-corrected chi connectivity index (χ4v) is 3.48. The van der Waals surface area contributed by atoms with Gasteiger partial charge in [0, 0.05) is 10.0 Å². The standard InChI is InChI=1S/C23H21BrN4O3/c1-4-6-17-11-16(12-21(30-5-2)22(17)31-10-9-25)14-26-28-15(3)27-20-8-7-18(24)13-19(20)23(28)29/h4,7-8,11-14H,1,5-6,10H2,2-3H3. The smallest absolute Gasteiger partial charge is 0.282 e. The number of hydrogen-bond acceptors (Lipinski definition) is 6. The van der Waals surface area contributed by atoms with Gasteiger partial charge in [-0.15, -0.1) is 6.58 Å². The number of allylic oxidation sites excluding steroid dienone is 1. The van der Waals surface area contributed by atoms with E-state index in [0.717, 1.165) is 10.0 Å². The molecular weight excluding hydrogens is 460 g/mol. The SMILES string of the molecule is C=CCc1cc(C=Nn2c(C)nc3ccc(Br)cc3c2=O)cc(OCC)c1OCC#N. The van der Waals surface area contributed by atoms with Gasteiger partial charge in [-0.25, -0.2) is 4.98 Å². The zero-order chi connectivity index (χ0) is 22.4. The number of benzene rings is 2. The molecular formula is C23H21BrN4O3. The van der Waals surface area contributed by atoms with Crippen molar-refractivity contribution in [3.8, 4) is 17.6 Å². The van der Waals surface area contributed by atoms with Gasteiger partial charge < -0.3 is 9.47 Å². The van der Waals surface area contributed by atoms with Gasteiger partial charge in [-0.3, -0.25) is 4.79 Å². The third-order valence-electron chi connectivity index (χ3n) is 4.39. The van der Waals surface area contributed by atoms with Gasteiger partial charge in [0.05, 0.1) is 23.7 Å². The van der Waals surface area contributed by atoms with Gasteiger partial charge in [0.1, 0.15) is 11.9 Å². The minimum atomic E-state index is -0.259. The first-order valence-corrected chi connectivity index (χ1v) is 10.4. The number of rotatable bonds is 8. The summed E-state index contributed by atoms with van der Waals surface area (Å²) >= 11 is 3.39. The van der Waals surface area contributed by atoms with Crippen molar-refractivity contribution in [3.63, 3.8) is 0 Å². The number of aryl methyl sites for hydroxylation is 1. The van der Waals surface area contributed by atoms with Crippen molar-refractivity contribution in [1.29, 1.82) is 5.26 Å². The zero-order valence-corrected chi connectivity index (χ0v) is 18.8. The van der Waals surface area contributed by atoms with Crippen LogP contribution in [-0.2, 0) is 6.42 Å². The van der Waals surface area contributed by atoms with Gasteiger partial charge >= 0.3 is 0 Å². The molecule has 31 heavy (non-hydrogen) atoms. The molecule has 0 aliphatic carbocycles. The molecule has 0 amide bonds. The van der Waals surface area contributed by atoms with E-state index in [4.69, 9.17) is 14.7 Å². The van der Waals surface area contributed by atoms with Gasteiger partial charge in [0.25, 0.3) is 5.56 Å². The topological polar surface area (TPSA) is 89.5 Å². The maximum absolute atomic E-state index is 12.9. The van der Waals surface area contributed by atoms with Gasteiger partial charge in [-0.2, -0.15) is 15.0 Å².